The molecule has 0 spiro atoms. The molecule has 2 rings (SSSR count). The molecule has 5 nitrogen and oxygen atoms in total. The van der Waals surface area contributed by atoms with E-state index < -0.39 is 11.6 Å². The van der Waals surface area contributed by atoms with Crippen LogP contribution < -0.4 is 5.32 Å². The van der Waals surface area contributed by atoms with Gasteiger partial charge < -0.3 is 15.5 Å². The lowest BCUT2D eigenvalue weighted by molar-refractivity contribution is 0.0691. The van der Waals surface area contributed by atoms with Crippen molar-refractivity contribution in [3.8, 4) is 0 Å². The molecule has 6 heteroatoms. The second kappa shape index (κ2) is 6.32. The van der Waals surface area contributed by atoms with Gasteiger partial charge in [-0.15, -0.1) is 0 Å². The molecule has 1 atom stereocenters. The summed E-state index contributed by atoms with van der Waals surface area (Å²) in [4.78, 5) is 15.3. The average molecular weight is 306 g/mol. The molecular formula is C15H18N2O3S. The third kappa shape index (κ3) is 3.86. The Bertz CT molecular complexity index is 658. The molecule has 21 heavy (non-hydrogen) atoms. The summed E-state index contributed by atoms with van der Waals surface area (Å²) in [5.74, 6) is -0.478. The van der Waals surface area contributed by atoms with Crippen LogP contribution in [0.5, 0.6) is 0 Å². The topological polar surface area (TPSA) is 82.5 Å². The van der Waals surface area contributed by atoms with E-state index in [4.69, 9.17) is 5.11 Å². The van der Waals surface area contributed by atoms with Gasteiger partial charge in [0.1, 0.15) is 0 Å². The van der Waals surface area contributed by atoms with Crippen LogP contribution in [0.1, 0.15) is 17.4 Å². The van der Waals surface area contributed by atoms with E-state index in [0.29, 0.717) is 23.5 Å². The first-order valence-electron chi connectivity index (χ1n) is 6.51. The molecule has 0 saturated heterocycles. The van der Waals surface area contributed by atoms with Gasteiger partial charge in [-0.05, 0) is 25.3 Å². The minimum atomic E-state index is -1.07. The molecule has 2 aromatic rings. The fourth-order valence-electron chi connectivity index (χ4n) is 2.08. The SMILES string of the molecule is CSCC(C)(O)CNc1cc(C(=O)O)nc2ccccc12. The maximum absolute atomic E-state index is 11.2. The highest BCUT2D eigenvalue weighted by Gasteiger charge is 2.20. The summed E-state index contributed by atoms with van der Waals surface area (Å²) in [6, 6.07) is 8.83. The van der Waals surface area contributed by atoms with Crippen LogP contribution in [0.25, 0.3) is 10.9 Å². The summed E-state index contributed by atoms with van der Waals surface area (Å²) in [5, 5.41) is 23.3. The van der Waals surface area contributed by atoms with Crippen LogP contribution >= 0.6 is 11.8 Å². The number of carboxylic acid groups (broad SMARTS) is 1. The molecule has 0 saturated carbocycles. The zero-order valence-electron chi connectivity index (χ0n) is 12.0. The Morgan fingerprint density at radius 1 is 1.43 bits per heavy atom. The maximum Gasteiger partial charge on any atom is 0.354 e. The van der Waals surface area contributed by atoms with Crippen LogP contribution in [0.3, 0.4) is 0 Å². The van der Waals surface area contributed by atoms with Crippen LogP contribution in [0, 0.1) is 0 Å². The lowest BCUT2D eigenvalue weighted by Gasteiger charge is -2.23. The van der Waals surface area contributed by atoms with Crippen LogP contribution in [0.2, 0.25) is 0 Å². The zero-order valence-corrected chi connectivity index (χ0v) is 12.8. The molecule has 0 aliphatic heterocycles. The molecular weight excluding hydrogens is 288 g/mol. The van der Waals surface area contributed by atoms with E-state index in [1.807, 2.05) is 24.5 Å². The molecule has 1 heterocycles. The molecule has 112 valence electrons. The van der Waals surface area contributed by atoms with E-state index in [-0.39, 0.29) is 5.69 Å². The summed E-state index contributed by atoms with van der Waals surface area (Å²) in [7, 11) is 0. The van der Waals surface area contributed by atoms with Crippen molar-refractivity contribution in [1.29, 1.82) is 0 Å². The number of anilines is 1. The van der Waals surface area contributed by atoms with Crippen molar-refractivity contribution in [1.82, 2.24) is 4.98 Å². The van der Waals surface area contributed by atoms with Crippen molar-refractivity contribution >= 4 is 34.3 Å². The number of thioether (sulfide) groups is 1. The number of hydrogen-bond donors (Lipinski definition) is 3. The third-order valence-electron chi connectivity index (χ3n) is 3.05. The first-order valence-corrected chi connectivity index (χ1v) is 7.90. The first-order chi connectivity index (χ1) is 9.93. The van der Waals surface area contributed by atoms with Crippen LogP contribution in [-0.4, -0.2) is 45.3 Å². The minimum absolute atomic E-state index is 0.0132. The standard InChI is InChI=1S/C15H18N2O3S/c1-15(20,9-21-2)8-16-12-7-13(14(18)19)17-11-6-4-3-5-10(11)12/h3-7,20H,8-9H2,1-2H3,(H,16,17)(H,18,19). The molecule has 0 amide bonds. The van der Waals surface area contributed by atoms with Gasteiger partial charge in [0.05, 0.1) is 11.1 Å². The zero-order chi connectivity index (χ0) is 15.5. The first kappa shape index (κ1) is 15.6. The van der Waals surface area contributed by atoms with Crippen LogP contribution in [0.4, 0.5) is 5.69 Å². The third-order valence-corrected chi connectivity index (χ3v) is 3.96. The van der Waals surface area contributed by atoms with Crippen molar-refractivity contribution in [2.24, 2.45) is 0 Å². The minimum Gasteiger partial charge on any atom is -0.477 e. The van der Waals surface area contributed by atoms with Gasteiger partial charge in [0.2, 0.25) is 0 Å². The van der Waals surface area contributed by atoms with Crippen LogP contribution in [0.15, 0.2) is 30.3 Å². The van der Waals surface area contributed by atoms with Gasteiger partial charge in [-0.1, -0.05) is 18.2 Å². The molecule has 0 fully saturated rings. The maximum atomic E-state index is 11.2. The van der Waals surface area contributed by atoms with E-state index in [0.717, 1.165) is 5.39 Å². The van der Waals surface area contributed by atoms with Crippen molar-refractivity contribution in [2.45, 2.75) is 12.5 Å². The van der Waals surface area contributed by atoms with E-state index in [1.165, 1.54) is 6.07 Å². The summed E-state index contributed by atoms with van der Waals surface area (Å²) in [6.45, 7) is 2.08. The summed E-state index contributed by atoms with van der Waals surface area (Å²) in [6.07, 6.45) is 1.93. The number of nitrogens with zero attached hydrogens (tertiary/aromatic N) is 1. The van der Waals surface area contributed by atoms with Gasteiger partial charge in [-0.3, -0.25) is 0 Å². The number of para-hydroxylation sites is 1. The number of fused-ring (bicyclic) bond motifs is 1. The highest BCUT2D eigenvalue weighted by molar-refractivity contribution is 7.98. The monoisotopic (exact) mass is 306 g/mol. The van der Waals surface area contributed by atoms with E-state index in [1.54, 1.807) is 24.8 Å². The Labute approximate surface area is 127 Å². The smallest absolute Gasteiger partial charge is 0.354 e. The average Bonchev–Trinajstić information content (AvgIpc) is 2.44. The Balaban J connectivity index is 2.35. The Kier molecular flexibility index (Phi) is 4.69. The number of pyridine rings is 1. The number of carboxylic acids is 1. The predicted molar refractivity (Wildman–Crippen MR) is 86.2 cm³/mol. The van der Waals surface area contributed by atoms with E-state index >= 15 is 0 Å². The predicted octanol–water partition coefficient (Wildman–Crippen LogP) is 2.46. The number of nitrogens with one attached hydrogen (secondary N) is 1. The summed E-state index contributed by atoms with van der Waals surface area (Å²) < 4.78 is 0. The van der Waals surface area contributed by atoms with E-state index in [2.05, 4.69) is 10.3 Å². The van der Waals surface area contributed by atoms with Crippen molar-refractivity contribution in [2.75, 3.05) is 23.9 Å². The summed E-state index contributed by atoms with van der Waals surface area (Å²) >= 11 is 1.56. The lowest BCUT2D eigenvalue weighted by atomic mass is 10.1. The fraction of sp³-hybridized carbons (Fsp3) is 0.333. The number of aliphatic hydroxyl groups is 1. The van der Waals surface area contributed by atoms with Crippen molar-refractivity contribution < 1.29 is 15.0 Å². The van der Waals surface area contributed by atoms with Gasteiger partial charge >= 0.3 is 5.97 Å². The number of hydrogen-bond acceptors (Lipinski definition) is 5. The molecule has 1 unspecified atom stereocenters. The van der Waals surface area contributed by atoms with Crippen molar-refractivity contribution in [3.05, 3.63) is 36.0 Å². The molecule has 0 bridgehead atoms. The molecule has 3 N–H and O–H groups in total. The molecule has 0 radical (unpaired) electrons. The Morgan fingerprint density at radius 3 is 2.81 bits per heavy atom. The fourth-order valence-corrected chi connectivity index (χ4v) is 2.80. The van der Waals surface area contributed by atoms with Gasteiger partial charge in [-0.25, -0.2) is 9.78 Å². The second-order valence-electron chi connectivity index (χ2n) is 5.16. The second-order valence-corrected chi connectivity index (χ2v) is 6.03. The van der Waals surface area contributed by atoms with Gasteiger partial charge in [-0.2, -0.15) is 11.8 Å². The van der Waals surface area contributed by atoms with Crippen LogP contribution in [-0.2, 0) is 0 Å². The van der Waals surface area contributed by atoms with Gasteiger partial charge in [0, 0.05) is 23.4 Å². The molecule has 0 aliphatic rings. The largest absolute Gasteiger partial charge is 0.477 e. The number of benzene rings is 1. The quantitative estimate of drug-likeness (QED) is 0.760. The normalized spacial score (nSPS) is 13.9. The summed E-state index contributed by atoms with van der Waals surface area (Å²) in [5.41, 5.74) is 0.400. The van der Waals surface area contributed by atoms with E-state index in [9.17, 15) is 9.90 Å². The van der Waals surface area contributed by atoms with Gasteiger partial charge in [0.25, 0.3) is 0 Å². The Morgan fingerprint density at radius 2 is 2.14 bits per heavy atom. The number of carbonyl (C=O) groups is 1. The highest BCUT2D eigenvalue weighted by atomic mass is 32.2. The molecule has 1 aromatic carbocycles. The van der Waals surface area contributed by atoms with Gasteiger partial charge in [0.15, 0.2) is 5.69 Å². The molecule has 1 aromatic heterocycles. The number of aromatic carboxylic acids is 1. The van der Waals surface area contributed by atoms with Crippen molar-refractivity contribution in [3.63, 3.8) is 0 Å². The highest BCUT2D eigenvalue weighted by Crippen LogP contribution is 2.24. The Hall–Kier alpha value is -1.79. The number of rotatable bonds is 6. The number of aromatic nitrogens is 1. The lowest BCUT2D eigenvalue weighted by Crippen LogP contribution is -2.36. The molecule has 0 aliphatic carbocycles.